The van der Waals surface area contributed by atoms with Gasteiger partial charge in [0.1, 0.15) is 11.3 Å². The standard InChI is InChI=1S/C13H17NO4/c1-3-13(4-2,12(17)18)14-11(16)9-5-7-10(15)8-6-9/h5-8,15H,3-4H2,1-2H3,(H,14,16)(H,17,18). The maximum atomic E-state index is 11.9. The molecule has 5 nitrogen and oxygen atoms in total. The minimum Gasteiger partial charge on any atom is -0.508 e. The molecule has 1 rings (SSSR count). The molecular weight excluding hydrogens is 234 g/mol. The van der Waals surface area contributed by atoms with Crippen LogP contribution in [0.5, 0.6) is 5.75 Å². The number of phenolic OH excluding ortho intramolecular Hbond substituents is 1. The zero-order valence-electron chi connectivity index (χ0n) is 10.4. The Morgan fingerprint density at radius 3 is 2.06 bits per heavy atom. The van der Waals surface area contributed by atoms with Gasteiger partial charge in [0.25, 0.3) is 5.91 Å². The number of amides is 1. The molecule has 98 valence electrons. The van der Waals surface area contributed by atoms with E-state index < -0.39 is 17.4 Å². The van der Waals surface area contributed by atoms with E-state index >= 15 is 0 Å². The predicted octanol–water partition coefficient (Wildman–Crippen LogP) is 1.77. The number of carbonyl (C=O) groups is 2. The third-order valence-corrected chi connectivity index (χ3v) is 3.10. The number of benzene rings is 1. The average molecular weight is 251 g/mol. The zero-order chi connectivity index (χ0) is 13.8. The van der Waals surface area contributed by atoms with Crippen LogP contribution in [0.4, 0.5) is 0 Å². The second kappa shape index (κ2) is 5.53. The van der Waals surface area contributed by atoms with Gasteiger partial charge in [0.2, 0.25) is 0 Å². The molecule has 0 fully saturated rings. The van der Waals surface area contributed by atoms with Crippen LogP contribution in [-0.4, -0.2) is 27.6 Å². The molecule has 0 heterocycles. The van der Waals surface area contributed by atoms with Crippen LogP contribution in [0.1, 0.15) is 37.0 Å². The van der Waals surface area contributed by atoms with Crippen molar-refractivity contribution in [2.24, 2.45) is 0 Å². The topological polar surface area (TPSA) is 86.6 Å². The summed E-state index contributed by atoms with van der Waals surface area (Å²) in [5.41, 5.74) is -0.921. The van der Waals surface area contributed by atoms with Gasteiger partial charge >= 0.3 is 5.97 Å². The highest BCUT2D eigenvalue weighted by Crippen LogP contribution is 2.17. The van der Waals surface area contributed by atoms with Gasteiger partial charge in [-0.3, -0.25) is 4.79 Å². The first-order valence-corrected chi connectivity index (χ1v) is 5.80. The quantitative estimate of drug-likeness (QED) is 0.744. The summed E-state index contributed by atoms with van der Waals surface area (Å²) in [5.74, 6) is -1.44. The molecule has 1 aromatic rings. The summed E-state index contributed by atoms with van der Waals surface area (Å²) in [6, 6.07) is 5.66. The third-order valence-electron chi connectivity index (χ3n) is 3.10. The Labute approximate surface area is 105 Å². The van der Waals surface area contributed by atoms with Gasteiger partial charge in [-0.05, 0) is 37.1 Å². The van der Waals surface area contributed by atoms with Crippen molar-refractivity contribution in [2.45, 2.75) is 32.2 Å². The van der Waals surface area contributed by atoms with E-state index in [2.05, 4.69) is 5.32 Å². The fraction of sp³-hybridized carbons (Fsp3) is 0.385. The summed E-state index contributed by atoms with van der Waals surface area (Å²) in [6.07, 6.45) is 0.616. The van der Waals surface area contributed by atoms with E-state index in [1.165, 1.54) is 24.3 Å². The van der Waals surface area contributed by atoms with Crippen molar-refractivity contribution in [3.05, 3.63) is 29.8 Å². The van der Waals surface area contributed by atoms with E-state index in [4.69, 9.17) is 5.11 Å². The van der Waals surface area contributed by atoms with Gasteiger partial charge in [-0.25, -0.2) is 4.79 Å². The molecule has 5 heteroatoms. The summed E-state index contributed by atoms with van der Waals surface area (Å²) in [7, 11) is 0. The summed E-state index contributed by atoms with van der Waals surface area (Å²) < 4.78 is 0. The van der Waals surface area contributed by atoms with Gasteiger partial charge in [-0.15, -0.1) is 0 Å². The Bertz CT molecular complexity index is 435. The van der Waals surface area contributed by atoms with Crippen LogP contribution in [0.3, 0.4) is 0 Å². The van der Waals surface area contributed by atoms with Gasteiger partial charge in [0, 0.05) is 5.56 Å². The molecule has 1 aromatic carbocycles. The van der Waals surface area contributed by atoms with Crippen LogP contribution in [-0.2, 0) is 4.79 Å². The molecular formula is C13H17NO4. The Kier molecular flexibility index (Phi) is 4.31. The molecule has 1 amide bonds. The first kappa shape index (κ1) is 14.0. The summed E-state index contributed by atoms with van der Waals surface area (Å²) >= 11 is 0. The van der Waals surface area contributed by atoms with E-state index in [0.29, 0.717) is 18.4 Å². The predicted molar refractivity (Wildman–Crippen MR) is 66.5 cm³/mol. The van der Waals surface area contributed by atoms with E-state index in [0.717, 1.165) is 0 Å². The molecule has 18 heavy (non-hydrogen) atoms. The molecule has 0 saturated carbocycles. The molecule has 0 radical (unpaired) electrons. The van der Waals surface area contributed by atoms with Crippen molar-refractivity contribution in [3.63, 3.8) is 0 Å². The summed E-state index contributed by atoms with van der Waals surface area (Å²) in [6.45, 7) is 3.43. The number of carbonyl (C=O) groups excluding carboxylic acids is 1. The molecule has 0 aliphatic heterocycles. The average Bonchev–Trinajstić information content (AvgIpc) is 2.36. The summed E-state index contributed by atoms with van der Waals surface area (Å²) in [5, 5.41) is 20.9. The first-order chi connectivity index (χ1) is 8.45. The highest BCUT2D eigenvalue weighted by atomic mass is 16.4. The van der Waals surface area contributed by atoms with Gasteiger partial charge in [0.15, 0.2) is 0 Å². The number of carboxylic acid groups (broad SMARTS) is 1. The lowest BCUT2D eigenvalue weighted by molar-refractivity contribution is -0.144. The van der Waals surface area contributed by atoms with Crippen LogP contribution < -0.4 is 5.32 Å². The fourth-order valence-corrected chi connectivity index (χ4v) is 1.68. The Hall–Kier alpha value is -2.04. The lowest BCUT2D eigenvalue weighted by Crippen LogP contribution is -2.53. The molecule has 0 saturated heterocycles. The Morgan fingerprint density at radius 1 is 1.17 bits per heavy atom. The number of phenols is 1. The number of hydrogen-bond acceptors (Lipinski definition) is 3. The largest absolute Gasteiger partial charge is 0.508 e. The van der Waals surface area contributed by atoms with E-state index in [1.807, 2.05) is 0 Å². The van der Waals surface area contributed by atoms with Crippen molar-refractivity contribution >= 4 is 11.9 Å². The van der Waals surface area contributed by atoms with Crippen molar-refractivity contribution in [1.82, 2.24) is 5.32 Å². The van der Waals surface area contributed by atoms with Crippen molar-refractivity contribution in [1.29, 1.82) is 0 Å². The maximum Gasteiger partial charge on any atom is 0.329 e. The minimum atomic E-state index is -1.24. The third kappa shape index (κ3) is 2.80. The normalized spacial score (nSPS) is 11.0. The highest BCUT2D eigenvalue weighted by molar-refractivity contribution is 5.97. The molecule has 0 atom stereocenters. The molecule has 0 aliphatic carbocycles. The molecule has 0 bridgehead atoms. The Morgan fingerprint density at radius 2 is 1.67 bits per heavy atom. The monoisotopic (exact) mass is 251 g/mol. The fourth-order valence-electron chi connectivity index (χ4n) is 1.68. The van der Waals surface area contributed by atoms with Gasteiger partial charge in [-0.1, -0.05) is 13.8 Å². The van der Waals surface area contributed by atoms with Crippen LogP contribution in [0.25, 0.3) is 0 Å². The molecule has 0 unspecified atom stereocenters. The highest BCUT2D eigenvalue weighted by Gasteiger charge is 2.36. The van der Waals surface area contributed by atoms with Crippen molar-refractivity contribution < 1.29 is 19.8 Å². The molecule has 0 aliphatic rings. The van der Waals surface area contributed by atoms with Crippen LogP contribution in [0.2, 0.25) is 0 Å². The van der Waals surface area contributed by atoms with Gasteiger partial charge in [0.05, 0.1) is 0 Å². The molecule has 0 aromatic heterocycles. The maximum absolute atomic E-state index is 11.9. The number of aromatic hydroxyl groups is 1. The van der Waals surface area contributed by atoms with E-state index in [9.17, 15) is 14.7 Å². The number of rotatable bonds is 5. The SMILES string of the molecule is CCC(CC)(NC(=O)c1ccc(O)cc1)C(=O)O. The van der Waals surface area contributed by atoms with Crippen molar-refractivity contribution in [3.8, 4) is 5.75 Å². The van der Waals surface area contributed by atoms with Gasteiger partial charge < -0.3 is 15.5 Å². The number of carboxylic acids is 1. The summed E-state index contributed by atoms with van der Waals surface area (Å²) in [4.78, 5) is 23.2. The lowest BCUT2D eigenvalue weighted by Gasteiger charge is -2.28. The van der Waals surface area contributed by atoms with Crippen LogP contribution in [0.15, 0.2) is 24.3 Å². The Balaban J connectivity index is 2.91. The number of nitrogens with one attached hydrogen (secondary N) is 1. The van der Waals surface area contributed by atoms with Crippen molar-refractivity contribution in [2.75, 3.05) is 0 Å². The minimum absolute atomic E-state index is 0.0574. The van der Waals surface area contributed by atoms with Gasteiger partial charge in [-0.2, -0.15) is 0 Å². The lowest BCUT2D eigenvalue weighted by atomic mass is 9.92. The smallest absolute Gasteiger partial charge is 0.329 e. The second-order valence-electron chi connectivity index (χ2n) is 4.10. The molecule has 0 spiro atoms. The van der Waals surface area contributed by atoms with Crippen LogP contribution in [0, 0.1) is 0 Å². The number of hydrogen-bond donors (Lipinski definition) is 3. The second-order valence-corrected chi connectivity index (χ2v) is 4.10. The zero-order valence-corrected chi connectivity index (χ0v) is 10.4. The van der Waals surface area contributed by atoms with E-state index in [1.54, 1.807) is 13.8 Å². The number of aliphatic carboxylic acids is 1. The van der Waals surface area contributed by atoms with E-state index in [-0.39, 0.29) is 5.75 Å². The van der Waals surface area contributed by atoms with Crippen LogP contribution >= 0.6 is 0 Å². The molecule has 3 N–H and O–H groups in total. The first-order valence-electron chi connectivity index (χ1n) is 5.80.